The van der Waals surface area contributed by atoms with E-state index < -0.39 is 0 Å². The Labute approximate surface area is 185 Å². The lowest BCUT2D eigenvalue weighted by molar-refractivity contribution is -0.133. The molecule has 1 atom stereocenters. The molecule has 0 spiro atoms. The molecular formula is C24H33N3O2S. The first-order chi connectivity index (χ1) is 14.0. The number of amides is 2. The van der Waals surface area contributed by atoms with Crippen LogP contribution in [0, 0.1) is 0 Å². The molecule has 162 valence electrons. The third kappa shape index (κ3) is 3.66. The zero-order valence-corrected chi connectivity index (χ0v) is 20.0. The van der Waals surface area contributed by atoms with Gasteiger partial charge in [-0.1, -0.05) is 13.0 Å². The largest absolute Gasteiger partial charge is 0.364 e. The summed E-state index contributed by atoms with van der Waals surface area (Å²) in [4.78, 5) is 31.3. The van der Waals surface area contributed by atoms with Crippen LogP contribution in [0.4, 0.5) is 5.69 Å². The highest BCUT2D eigenvalue weighted by Gasteiger charge is 2.39. The van der Waals surface area contributed by atoms with Crippen molar-refractivity contribution in [3.8, 4) is 0 Å². The van der Waals surface area contributed by atoms with Crippen LogP contribution in [0.3, 0.4) is 0 Å². The summed E-state index contributed by atoms with van der Waals surface area (Å²) < 4.78 is 0. The fourth-order valence-electron chi connectivity index (χ4n) is 5.09. The number of hydrogen-bond acceptors (Lipinski definition) is 4. The van der Waals surface area contributed by atoms with Crippen LogP contribution >= 0.6 is 12.2 Å². The smallest absolute Gasteiger partial charge is 0.265 e. The van der Waals surface area contributed by atoms with Crippen molar-refractivity contribution < 1.29 is 9.59 Å². The molecule has 0 radical (unpaired) electrons. The van der Waals surface area contributed by atoms with Crippen molar-refractivity contribution in [2.75, 3.05) is 18.0 Å². The Hall–Kier alpha value is -2.21. The van der Waals surface area contributed by atoms with Crippen molar-refractivity contribution in [1.29, 1.82) is 0 Å². The molecule has 1 aromatic rings. The molecule has 0 unspecified atom stereocenters. The van der Waals surface area contributed by atoms with Gasteiger partial charge in [0, 0.05) is 30.4 Å². The number of anilines is 1. The van der Waals surface area contributed by atoms with Crippen LogP contribution in [-0.4, -0.2) is 51.4 Å². The lowest BCUT2D eigenvalue weighted by Gasteiger charge is -2.50. The number of fused-ring (bicyclic) bond motifs is 1. The first kappa shape index (κ1) is 22.5. The van der Waals surface area contributed by atoms with Crippen LogP contribution in [0.2, 0.25) is 0 Å². The Bertz CT molecular complexity index is 891. The van der Waals surface area contributed by atoms with Crippen molar-refractivity contribution in [1.82, 2.24) is 9.80 Å². The van der Waals surface area contributed by atoms with E-state index in [1.165, 1.54) is 21.1 Å². The zero-order valence-electron chi connectivity index (χ0n) is 19.2. The molecule has 0 aromatic heterocycles. The lowest BCUT2D eigenvalue weighted by atomic mass is 9.78. The molecule has 5 nitrogen and oxygen atoms in total. The summed E-state index contributed by atoms with van der Waals surface area (Å²) in [5, 5.41) is 0.293. The van der Waals surface area contributed by atoms with Gasteiger partial charge in [0.25, 0.3) is 11.8 Å². The molecule has 0 bridgehead atoms. The van der Waals surface area contributed by atoms with E-state index in [4.69, 9.17) is 12.2 Å². The third-order valence-electron chi connectivity index (χ3n) is 6.17. The topological polar surface area (TPSA) is 43.9 Å². The standard InChI is InChI=1S/C24H33N3O2S/c1-8-25-21(28)19(22(29)26(9-2)23(25)30)13-17-10-11-20-18(12-17)16(5)14-24(6,7)27(20)15(3)4/h10-13,15-16H,8-9,14H2,1-7H3/t16-/m0/s1. The molecule has 30 heavy (non-hydrogen) atoms. The number of benzene rings is 1. The number of carbonyl (C=O) groups excluding carboxylic acids is 2. The van der Waals surface area contributed by atoms with Crippen molar-refractivity contribution in [2.24, 2.45) is 0 Å². The van der Waals surface area contributed by atoms with Gasteiger partial charge >= 0.3 is 0 Å². The van der Waals surface area contributed by atoms with Crippen LogP contribution in [-0.2, 0) is 9.59 Å². The summed E-state index contributed by atoms with van der Waals surface area (Å²) in [7, 11) is 0. The second-order valence-electron chi connectivity index (χ2n) is 9.14. The van der Waals surface area contributed by atoms with Gasteiger partial charge in [-0.15, -0.1) is 0 Å². The van der Waals surface area contributed by atoms with Gasteiger partial charge in [0.05, 0.1) is 0 Å². The minimum absolute atomic E-state index is 0.0782. The van der Waals surface area contributed by atoms with E-state index in [1.807, 2.05) is 19.9 Å². The second-order valence-corrected chi connectivity index (χ2v) is 9.50. The minimum Gasteiger partial charge on any atom is -0.364 e. The monoisotopic (exact) mass is 427 g/mol. The Balaban J connectivity index is 2.07. The lowest BCUT2D eigenvalue weighted by Crippen LogP contribution is -2.55. The number of thiocarbonyl (C=S) groups is 1. The van der Waals surface area contributed by atoms with E-state index >= 15 is 0 Å². The molecule has 0 saturated carbocycles. The molecular weight excluding hydrogens is 394 g/mol. The fourth-order valence-corrected chi connectivity index (χ4v) is 5.51. The summed E-state index contributed by atoms with van der Waals surface area (Å²) in [6.45, 7) is 15.9. The van der Waals surface area contributed by atoms with Crippen molar-refractivity contribution in [3.63, 3.8) is 0 Å². The molecule has 0 N–H and O–H groups in total. The molecule has 0 aliphatic carbocycles. The molecule has 2 aliphatic heterocycles. The van der Waals surface area contributed by atoms with Gasteiger partial charge in [-0.3, -0.25) is 19.4 Å². The number of nitrogens with zero attached hydrogens (tertiary/aromatic N) is 3. The predicted octanol–water partition coefficient (Wildman–Crippen LogP) is 4.57. The maximum atomic E-state index is 12.9. The van der Waals surface area contributed by atoms with Gasteiger partial charge in [0.15, 0.2) is 5.11 Å². The molecule has 2 amide bonds. The molecule has 2 aliphatic rings. The average Bonchev–Trinajstić information content (AvgIpc) is 2.65. The number of carbonyl (C=O) groups is 2. The maximum absolute atomic E-state index is 12.9. The summed E-state index contributed by atoms with van der Waals surface area (Å²) in [5.74, 6) is -0.228. The van der Waals surface area contributed by atoms with Gasteiger partial charge < -0.3 is 4.90 Å². The number of likely N-dealkylation sites (N-methyl/N-ethyl adjacent to an activating group) is 2. The van der Waals surface area contributed by atoms with Crippen LogP contribution in [0.5, 0.6) is 0 Å². The fraction of sp³-hybridized carbons (Fsp3) is 0.542. The SMILES string of the molecule is CCN1C(=O)C(=Cc2ccc3c(c2)[C@@H](C)CC(C)(C)N3C(C)C)C(=O)N(CC)C1=S. The molecule has 2 heterocycles. The highest BCUT2D eigenvalue weighted by molar-refractivity contribution is 7.80. The predicted molar refractivity (Wildman–Crippen MR) is 127 cm³/mol. The van der Waals surface area contributed by atoms with E-state index in [9.17, 15) is 9.59 Å². The first-order valence-corrected chi connectivity index (χ1v) is 11.3. The normalized spacial score (nSPS) is 21.5. The molecule has 1 aromatic carbocycles. The Morgan fingerprint density at radius 3 is 2.20 bits per heavy atom. The van der Waals surface area contributed by atoms with Crippen LogP contribution in [0.25, 0.3) is 6.08 Å². The Morgan fingerprint density at radius 1 is 1.13 bits per heavy atom. The highest BCUT2D eigenvalue weighted by atomic mass is 32.1. The van der Waals surface area contributed by atoms with E-state index in [0.29, 0.717) is 30.2 Å². The Morgan fingerprint density at radius 2 is 1.70 bits per heavy atom. The van der Waals surface area contributed by atoms with Gasteiger partial charge in [-0.2, -0.15) is 0 Å². The maximum Gasteiger partial charge on any atom is 0.265 e. The van der Waals surface area contributed by atoms with Crippen LogP contribution < -0.4 is 4.90 Å². The van der Waals surface area contributed by atoms with E-state index in [1.54, 1.807) is 6.08 Å². The van der Waals surface area contributed by atoms with Crippen LogP contribution in [0.1, 0.15) is 71.9 Å². The van der Waals surface area contributed by atoms with Gasteiger partial charge in [-0.05, 0) is 95.4 Å². The summed E-state index contributed by atoms with van der Waals surface area (Å²) >= 11 is 5.35. The summed E-state index contributed by atoms with van der Waals surface area (Å²) in [5.41, 5.74) is 3.64. The van der Waals surface area contributed by atoms with Gasteiger partial charge in [-0.25, -0.2) is 0 Å². The molecule has 6 heteroatoms. The molecule has 1 fully saturated rings. The quantitative estimate of drug-likeness (QED) is 0.401. The van der Waals surface area contributed by atoms with E-state index in [2.05, 4.69) is 51.7 Å². The van der Waals surface area contributed by atoms with E-state index in [-0.39, 0.29) is 22.9 Å². The van der Waals surface area contributed by atoms with Crippen molar-refractivity contribution >= 4 is 40.9 Å². The third-order valence-corrected chi connectivity index (χ3v) is 6.61. The van der Waals surface area contributed by atoms with Crippen molar-refractivity contribution in [3.05, 3.63) is 34.9 Å². The second kappa shape index (κ2) is 8.14. The van der Waals surface area contributed by atoms with Crippen molar-refractivity contribution in [2.45, 2.75) is 72.4 Å². The van der Waals surface area contributed by atoms with Gasteiger partial charge in [0.1, 0.15) is 5.57 Å². The number of hydrogen-bond donors (Lipinski definition) is 0. The van der Waals surface area contributed by atoms with Gasteiger partial charge in [0.2, 0.25) is 0 Å². The molecule has 1 saturated heterocycles. The zero-order chi connectivity index (χ0) is 22.4. The minimum atomic E-state index is -0.312. The average molecular weight is 428 g/mol. The summed E-state index contributed by atoms with van der Waals surface area (Å²) in [6.07, 6.45) is 2.78. The molecule has 3 rings (SSSR count). The number of rotatable bonds is 4. The van der Waals surface area contributed by atoms with Crippen LogP contribution in [0.15, 0.2) is 23.8 Å². The van der Waals surface area contributed by atoms with E-state index in [0.717, 1.165) is 12.0 Å². The summed E-state index contributed by atoms with van der Waals surface area (Å²) in [6, 6.07) is 6.67. The first-order valence-electron chi connectivity index (χ1n) is 10.9. The Kier molecular flexibility index (Phi) is 6.10. The highest BCUT2D eigenvalue weighted by Crippen LogP contribution is 2.44.